The lowest BCUT2D eigenvalue weighted by Crippen LogP contribution is -3.14. The zero-order chi connectivity index (χ0) is 23.9. The van der Waals surface area contributed by atoms with Crippen LogP contribution in [0.2, 0.25) is 0 Å². The van der Waals surface area contributed by atoms with Crippen LogP contribution in [0.5, 0.6) is 5.75 Å². The van der Waals surface area contributed by atoms with E-state index in [1.54, 1.807) is 55.6 Å². The fourth-order valence-corrected chi connectivity index (χ4v) is 5.42. The van der Waals surface area contributed by atoms with Crippen molar-refractivity contribution in [1.82, 2.24) is 0 Å². The second-order valence-corrected chi connectivity index (χ2v) is 11.2. The van der Waals surface area contributed by atoms with Crippen molar-refractivity contribution in [2.75, 3.05) is 37.6 Å². The zero-order valence-electron chi connectivity index (χ0n) is 20.2. The van der Waals surface area contributed by atoms with Gasteiger partial charge in [-0.15, -0.1) is 0 Å². The van der Waals surface area contributed by atoms with E-state index in [2.05, 4.69) is 27.7 Å². The molecule has 2 aromatic rings. The predicted molar refractivity (Wildman–Crippen MR) is 130 cm³/mol. The van der Waals surface area contributed by atoms with Crippen LogP contribution in [0.1, 0.15) is 33.3 Å². The van der Waals surface area contributed by atoms with Gasteiger partial charge in [-0.1, -0.05) is 45.4 Å². The highest BCUT2D eigenvalue weighted by molar-refractivity contribution is 7.92. The highest BCUT2D eigenvalue weighted by Gasteiger charge is 2.29. The van der Waals surface area contributed by atoms with Gasteiger partial charge in [0.25, 0.3) is 10.0 Å². The van der Waals surface area contributed by atoms with Crippen molar-refractivity contribution in [1.29, 1.82) is 0 Å². The van der Waals surface area contributed by atoms with E-state index in [0.29, 0.717) is 29.8 Å². The zero-order valence-corrected chi connectivity index (χ0v) is 21.0. The first-order valence-corrected chi connectivity index (χ1v) is 12.7. The van der Waals surface area contributed by atoms with Crippen molar-refractivity contribution < 1.29 is 23.2 Å². The van der Waals surface area contributed by atoms with Gasteiger partial charge in [0.2, 0.25) is 0 Å². The second kappa shape index (κ2) is 11.7. The minimum absolute atomic E-state index is 0.0117. The molecule has 0 aromatic heterocycles. The Morgan fingerprint density at radius 3 is 1.91 bits per heavy atom. The fraction of sp³-hybridized carbons (Fsp3) is 0.520. The molecule has 0 amide bonds. The molecule has 0 aliphatic heterocycles. The third-order valence-electron chi connectivity index (χ3n) is 5.26. The lowest BCUT2D eigenvalue weighted by atomic mass is 10.1. The molecule has 0 bridgehead atoms. The molecule has 0 spiro atoms. The highest BCUT2D eigenvalue weighted by Crippen LogP contribution is 2.26. The van der Waals surface area contributed by atoms with E-state index in [4.69, 9.17) is 4.74 Å². The molecule has 0 aliphatic carbocycles. The number of sulfonamides is 1. The average molecular weight is 464 g/mol. The smallest absolute Gasteiger partial charge is 0.264 e. The number of benzene rings is 2. The maximum Gasteiger partial charge on any atom is 0.264 e. The van der Waals surface area contributed by atoms with Gasteiger partial charge < -0.3 is 14.7 Å². The van der Waals surface area contributed by atoms with E-state index in [0.717, 1.165) is 18.7 Å². The summed E-state index contributed by atoms with van der Waals surface area (Å²) in [6.07, 6.45) is -0.801. The monoisotopic (exact) mass is 463 g/mol. The molecule has 0 saturated carbocycles. The lowest BCUT2D eigenvalue weighted by molar-refractivity contribution is -0.909. The summed E-state index contributed by atoms with van der Waals surface area (Å²) in [6.45, 7) is 12.9. The van der Waals surface area contributed by atoms with Crippen molar-refractivity contribution >= 4 is 15.7 Å². The van der Waals surface area contributed by atoms with Gasteiger partial charge in [0.05, 0.1) is 37.3 Å². The molecule has 0 heterocycles. The summed E-state index contributed by atoms with van der Waals surface area (Å²) in [4.78, 5) is 1.49. The first-order valence-electron chi connectivity index (χ1n) is 11.3. The Morgan fingerprint density at radius 2 is 1.44 bits per heavy atom. The first kappa shape index (κ1) is 26.2. The molecule has 2 aromatic carbocycles. The minimum atomic E-state index is -3.84. The number of ether oxygens (including phenoxy) is 1. The van der Waals surface area contributed by atoms with Crippen molar-refractivity contribution in [2.24, 2.45) is 11.8 Å². The van der Waals surface area contributed by atoms with Crippen LogP contribution in [0.3, 0.4) is 0 Å². The number of aliphatic hydroxyl groups is 1. The van der Waals surface area contributed by atoms with E-state index in [1.807, 2.05) is 6.92 Å². The van der Waals surface area contributed by atoms with Crippen molar-refractivity contribution in [3.8, 4) is 5.75 Å². The van der Waals surface area contributed by atoms with Crippen molar-refractivity contribution in [2.45, 2.75) is 45.6 Å². The summed E-state index contributed by atoms with van der Waals surface area (Å²) >= 11 is 0. The third kappa shape index (κ3) is 7.50. The van der Waals surface area contributed by atoms with E-state index in [-0.39, 0.29) is 11.4 Å². The summed E-state index contributed by atoms with van der Waals surface area (Å²) in [7, 11) is -2.27. The van der Waals surface area contributed by atoms with Gasteiger partial charge in [0, 0.05) is 11.8 Å². The molecule has 32 heavy (non-hydrogen) atoms. The van der Waals surface area contributed by atoms with Crippen molar-refractivity contribution in [3.05, 3.63) is 54.1 Å². The topological polar surface area (TPSA) is 71.3 Å². The van der Waals surface area contributed by atoms with E-state index in [1.165, 1.54) is 9.21 Å². The molecular weight excluding hydrogens is 424 g/mol. The standard InChI is InChI=1S/C25H38N2O4S/c1-19(2)15-26(16-20(3)4)17-23(28)18-27(22-9-11-24(31-6)12-10-22)32(29,30)25-13-7-21(5)8-14-25/h7-14,19-20,23,28H,15-18H2,1-6H3/p+1. The summed E-state index contributed by atoms with van der Waals surface area (Å²) in [5, 5.41) is 11.0. The number of hydrogen-bond donors (Lipinski definition) is 2. The van der Waals surface area contributed by atoms with Crippen molar-refractivity contribution in [3.63, 3.8) is 0 Å². The third-order valence-corrected chi connectivity index (χ3v) is 7.07. The number of hydrogen-bond acceptors (Lipinski definition) is 4. The van der Waals surface area contributed by atoms with Crippen LogP contribution < -0.4 is 13.9 Å². The molecule has 7 heteroatoms. The molecule has 178 valence electrons. The number of aliphatic hydroxyl groups excluding tert-OH is 1. The SMILES string of the molecule is COc1ccc(N(CC(O)C[NH+](CC(C)C)CC(C)C)S(=O)(=O)c2ccc(C)cc2)cc1. The van der Waals surface area contributed by atoms with Gasteiger partial charge in [-0.3, -0.25) is 4.31 Å². The largest absolute Gasteiger partial charge is 0.497 e. The Balaban J connectivity index is 2.34. The summed E-state index contributed by atoms with van der Waals surface area (Å²) in [5.41, 5.74) is 1.49. The van der Waals surface area contributed by atoms with Gasteiger partial charge in [-0.05, 0) is 43.3 Å². The van der Waals surface area contributed by atoms with Gasteiger partial charge >= 0.3 is 0 Å². The van der Waals surface area contributed by atoms with Crippen LogP contribution in [0.25, 0.3) is 0 Å². The number of anilines is 1. The number of nitrogens with one attached hydrogen (secondary N) is 1. The molecule has 0 saturated heterocycles. The highest BCUT2D eigenvalue weighted by atomic mass is 32.2. The maximum absolute atomic E-state index is 13.6. The van der Waals surface area contributed by atoms with Crippen LogP contribution in [0, 0.1) is 18.8 Å². The normalized spacial score (nSPS) is 13.1. The summed E-state index contributed by atoms with van der Waals surface area (Å²) in [5.74, 6) is 1.63. The van der Waals surface area contributed by atoms with Crippen LogP contribution in [-0.4, -0.2) is 52.9 Å². The molecule has 1 atom stereocenters. The molecule has 2 N–H and O–H groups in total. The van der Waals surface area contributed by atoms with Crippen LogP contribution >= 0.6 is 0 Å². The van der Waals surface area contributed by atoms with Crippen LogP contribution in [0.15, 0.2) is 53.4 Å². The van der Waals surface area contributed by atoms with Gasteiger partial charge in [-0.2, -0.15) is 0 Å². The predicted octanol–water partition coefficient (Wildman–Crippen LogP) is 2.76. The summed E-state index contributed by atoms with van der Waals surface area (Å²) < 4.78 is 33.6. The Labute approximate surface area is 193 Å². The Bertz CT molecular complexity index is 915. The number of rotatable bonds is 12. The van der Waals surface area contributed by atoms with Crippen LogP contribution in [-0.2, 0) is 10.0 Å². The molecule has 0 radical (unpaired) electrons. The minimum Gasteiger partial charge on any atom is -0.497 e. The van der Waals surface area contributed by atoms with E-state index < -0.39 is 16.1 Å². The molecule has 2 rings (SSSR count). The van der Waals surface area contributed by atoms with Gasteiger partial charge in [0.15, 0.2) is 0 Å². The Hall–Kier alpha value is -2.09. The van der Waals surface area contributed by atoms with E-state index >= 15 is 0 Å². The van der Waals surface area contributed by atoms with E-state index in [9.17, 15) is 13.5 Å². The average Bonchev–Trinajstić information content (AvgIpc) is 2.71. The number of methoxy groups -OCH3 is 1. The van der Waals surface area contributed by atoms with Crippen LogP contribution in [0.4, 0.5) is 5.69 Å². The quantitative estimate of drug-likeness (QED) is 0.508. The lowest BCUT2D eigenvalue weighted by Gasteiger charge is -2.30. The molecule has 6 nitrogen and oxygen atoms in total. The molecular formula is C25H39N2O4S+. The number of nitrogens with zero attached hydrogens (tertiary/aromatic N) is 1. The second-order valence-electron chi connectivity index (χ2n) is 9.35. The fourth-order valence-electron chi connectivity index (χ4n) is 3.92. The molecule has 1 unspecified atom stereocenters. The summed E-state index contributed by atoms with van der Waals surface area (Å²) in [6, 6.07) is 13.7. The first-order chi connectivity index (χ1) is 15.0. The number of quaternary nitrogens is 1. The van der Waals surface area contributed by atoms with Gasteiger partial charge in [-0.25, -0.2) is 8.42 Å². The Kier molecular flexibility index (Phi) is 9.55. The molecule has 0 aliphatic rings. The Morgan fingerprint density at radius 1 is 0.906 bits per heavy atom. The maximum atomic E-state index is 13.6. The number of aryl methyl sites for hydroxylation is 1. The molecule has 0 fully saturated rings. The van der Waals surface area contributed by atoms with Gasteiger partial charge in [0.1, 0.15) is 18.4 Å².